The van der Waals surface area contributed by atoms with Crippen molar-refractivity contribution in [3.05, 3.63) is 0 Å². The molecule has 2 unspecified atom stereocenters. The first-order valence-electron chi connectivity index (χ1n) is 8.76. The Morgan fingerprint density at radius 2 is 1.11 bits per heavy atom. The third kappa shape index (κ3) is 9.97. The number of unbranched alkanes of at least 4 members (excludes halogenated alkanes) is 6. The van der Waals surface area contributed by atoms with Crippen molar-refractivity contribution < 1.29 is 0 Å². The van der Waals surface area contributed by atoms with Crippen LogP contribution in [0.25, 0.3) is 0 Å². The van der Waals surface area contributed by atoms with Gasteiger partial charge in [0.1, 0.15) is 0 Å². The summed E-state index contributed by atoms with van der Waals surface area (Å²) in [7, 11) is 0. The van der Waals surface area contributed by atoms with Gasteiger partial charge in [-0.15, -0.1) is 0 Å². The second kappa shape index (κ2) is 13.4. The zero-order valence-electron chi connectivity index (χ0n) is 13.6. The van der Waals surface area contributed by atoms with E-state index in [0.29, 0.717) is 0 Å². The fourth-order valence-electron chi connectivity index (χ4n) is 3.05. The fourth-order valence-corrected chi connectivity index (χ4v) is 3.05. The smallest absolute Gasteiger partial charge is 0.0389 e. The van der Waals surface area contributed by atoms with Crippen molar-refractivity contribution in [2.45, 2.75) is 105 Å². The van der Waals surface area contributed by atoms with Crippen LogP contribution in [0.5, 0.6) is 0 Å². The zero-order chi connectivity index (χ0) is 13.6. The largest absolute Gasteiger partial charge is 0.0654 e. The predicted molar refractivity (Wildman–Crippen MR) is 85.1 cm³/mol. The number of rotatable bonds is 13. The van der Waals surface area contributed by atoms with E-state index in [1.165, 1.54) is 77.0 Å². The molecule has 0 N–H and O–H groups in total. The van der Waals surface area contributed by atoms with E-state index in [4.69, 9.17) is 0 Å². The first-order valence-corrected chi connectivity index (χ1v) is 8.76. The molecular formula is C18H38. The second-order valence-electron chi connectivity index (χ2n) is 6.22. The topological polar surface area (TPSA) is 0 Å². The van der Waals surface area contributed by atoms with Crippen LogP contribution in [0.4, 0.5) is 0 Å². The third-order valence-corrected chi connectivity index (χ3v) is 4.41. The molecule has 0 aliphatic carbocycles. The van der Waals surface area contributed by atoms with Crippen LogP contribution in [0.15, 0.2) is 0 Å². The quantitative estimate of drug-likeness (QED) is 0.311. The molecule has 0 saturated heterocycles. The van der Waals surface area contributed by atoms with Gasteiger partial charge in [-0.25, -0.2) is 0 Å². The van der Waals surface area contributed by atoms with Gasteiger partial charge in [-0.05, 0) is 11.8 Å². The van der Waals surface area contributed by atoms with E-state index < -0.39 is 0 Å². The Morgan fingerprint density at radius 1 is 0.556 bits per heavy atom. The van der Waals surface area contributed by atoms with Gasteiger partial charge in [0.05, 0.1) is 0 Å². The van der Waals surface area contributed by atoms with Crippen LogP contribution in [0.1, 0.15) is 105 Å². The molecule has 0 amide bonds. The molecule has 110 valence electrons. The average Bonchev–Trinajstić information content (AvgIpc) is 2.37. The minimum absolute atomic E-state index is 0.961. The maximum atomic E-state index is 2.50. The SMILES string of the molecule is CCCCCCCC(CCC)C(C)CCCCC. The van der Waals surface area contributed by atoms with E-state index in [1.54, 1.807) is 0 Å². The summed E-state index contributed by atoms with van der Waals surface area (Å²) in [5, 5.41) is 0. The Hall–Kier alpha value is 0. The van der Waals surface area contributed by atoms with Crippen LogP contribution >= 0.6 is 0 Å². The van der Waals surface area contributed by atoms with E-state index in [1.807, 2.05) is 0 Å². The molecule has 0 nitrogen and oxygen atoms in total. The van der Waals surface area contributed by atoms with Gasteiger partial charge in [-0.2, -0.15) is 0 Å². The highest BCUT2D eigenvalue weighted by molar-refractivity contribution is 4.67. The molecule has 0 aromatic rings. The van der Waals surface area contributed by atoms with Gasteiger partial charge in [-0.3, -0.25) is 0 Å². The van der Waals surface area contributed by atoms with E-state index in [9.17, 15) is 0 Å². The Labute approximate surface area is 117 Å². The van der Waals surface area contributed by atoms with Gasteiger partial charge in [0.2, 0.25) is 0 Å². The molecular weight excluding hydrogens is 216 g/mol. The second-order valence-corrected chi connectivity index (χ2v) is 6.22. The Morgan fingerprint density at radius 3 is 1.72 bits per heavy atom. The van der Waals surface area contributed by atoms with E-state index in [-0.39, 0.29) is 0 Å². The molecule has 0 bridgehead atoms. The van der Waals surface area contributed by atoms with Gasteiger partial charge < -0.3 is 0 Å². The molecule has 0 heteroatoms. The summed E-state index contributed by atoms with van der Waals surface area (Å²) in [4.78, 5) is 0. The van der Waals surface area contributed by atoms with Crippen molar-refractivity contribution >= 4 is 0 Å². The monoisotopic (exact) mass is 254 g/mol. The average molecular weight is 255 g/mol. The van der Waals surface area contributed by atoms with Gasteiger partial charge >= 0.3 is 0 Å². The van der Waals surface area contributed by atoms with Crippen LogP contribution in [0.2, 0.25) is 0 Å². The third-order valence-electron chi connectivity index (χ3n) is 4.41. The van der Waals surface area contributed by atoms with Gasteiger partial charge in [-0.1, -0.05) is 105 Å². The van der Waals surface area contributed by atoms with Crippen molar-refractivity contribution in [3.8, 4) is 0 Å². The summed E-state index contributed by atoms with van der Waals surface area (Å²) in [6.07, 6.45) is 17.2. The highest BCUT2D eigenvalue weighted by atomic mass is 14.2. The molecule has 0 rings (SSSR count). The first-order chi connectivity index (χ1) is 8.76. The fraction of sp³-hybridized carbons (Fsp3) is 1.00. The lowest BCUT2D eigenvalue weighted by atomic mass is 9.82. The maximum Gasteiger partial charge on any atom is -0.0389 e. The summed E-state index contributed by atoms with van der Waals surface area (Å²) >= 11 is 0. The van der Waals surface area contributed by atoms with Crippen LogP contribution in [0, 0.1) is 11.8 Å². The lowest BCUT2D eigenvalue weighted by Gasteiger charge is -2.23. The van der Waals surface area contributed by atoms with E-state index >= 15 is 0 Å². The predicted octanol–water partition coefficient (Wildman–Crippen LogP) is 6.98. The van der Waals surface area contributed by atoms with E-state index in [2.05, 4.69) is 27.7 Å². The van der Waals surface area contributed by atoms with Gasteiger partial charge in [0.15, 0.2) is 0 Å². The molecule has 0 fully saturated rings. The van der Waals surface area contributed by atoms with Crippen molar-refractivity contribution in [1.82, 2.24) is 0 Å². The van der Waals surface area contributed by atoms with Crippen molar-refractivity contribution in [2.24, 2.45) is 11.8 Å². The Balaban J connectivity index is 3.74. The number of hydrogen-bond donors (Lipinski definition) is 0. The lowest BCUT2D eigenvalue weighted by Crippen LogP contribution is -2.12. The molecule has 0 radical (unpaired) electrons. The van der Waals surface area contributed by atoms with E-state index in [0.717, 1.165) is 11.8 Å². The molecule has 0 saturated carbocycles. The first kappa shape index (κ1) is 18.0. The van der Waals surface area contributed by atoms with Crippen LogP contribution in [-0.2, 0) is 0 Å². The summed E-state index contributed by atoms with van der Waals surface area (Å²) < 4.78 is 0. The zero-order valence-corrected chi connectivity index (χ0v) is 13.6. The lowest BCUT2D eigenvalue weighted by molar-refractivity contribution is 0.281. The normalized spacial score (nSPS) is 14.7. The minimum atomic E-state index is 0.961. The molecule has 0 spiro atoms. The van der Waals surface area contributed by atoms with Gasteiger partial charge in [0.25, 0.3) is 0 Å². The van der Waals surface area contributed by atoms with Crippen LogP contribution < -0.4 is 0 Å². The Bertz CT molecular complexity index is 150. The van der Waals surface area contributed by atoms with Gasteiger partial charge in [0, 0.05) is 0 Å². The molecule has 18 heavy (non-hydrogen) atoms. The van der Waals surface area contributed by atoms with Crippen molar-refractivity contribution in [2.75, 3.05) is 0 Å². The molecule has 0 aromatic heterocycles. The van der Waals surface area contributed by atoms with Crippen LogP contribution in [0.3, 0.4) is 0 Å². The molecule has 0 aliphatic rings. The standard InChI is InChI=1S/C18H38/c1-5-8-10-11-13-16-18(14-7-3)17(4)15-12-9-6-2/h17-18H,5-16H2,1-4H3. The number of hydrogen-bond acceptors (Lipinski definition) is 0. The molecule has 0 aromatic carbocycles. The molecule has 2 atom stereocenters. The summed E-state index contributed by atoms with van der Waals surface area (Å²) in [6.45, 7) is 9.46. The summed E-state index contributed by atoms with van der Waals surface area (Å²) in [5.41, 5.74) is 0. The maximum absolute atomic E-state index is 2.50. The van der Waals surface area contributed by atoms with Crippen molar-refractivity contribution in [1.29, 1.82) is 0 Å². The highest BCUT2D eigenvalue weighted by Gasteiger charge is 2.15. The molecule has 0 heterocycles. The van der Waals surface area contributed by atoms with Crippen molar-refractivity contribution in [3.63, 3.8) is 0 Å². The minimum Gasteiger partial charge on any atom is -0.0654 e. The molecule has 0 aliphatic heterocycles. The Kier molecular flexibility index (Phi) is 13.4. The summed E-state index contributed by atoms with van der Waals surface area (Å²) in [5.74, 6) is 1.97. The summed E-state index contributed by atoms with van der Waals surface area (Å²) in [6, 6.07) is 0. The highest BCUT2D eigenvalue weighted by Crippen LogP contribution is 2.28. The van der Waals surface area contributed by atoms with Crippen LogP contribution in [-0.4, -0.2) is 0 Å².